The summed E-state index contributed by atoms with van der Waals surface area (Å²) in [5.41, 5.74) is 0. The molecule has 0 radical (unpaired) electrons. The highest BCUT2D eigenvalue weighted by Crippen LogP contribution is 2.02. The zero-order valence-electron chi connectivity index (χ0n) is 10.2. The molecule has 0 spiro atoms. The van der Waals surface area contributed by atoms with Gasteiger partial charge in [-0.2, -0.15) is 0 Å². The smallest absolute Gasteiger partial charge is 0.328 e. The number of carboxylic acid groups (broad SMARTS) is 1. The van der Waals surface area contributed by atoms with Crippen molar-refractivity contribution in [3.63, 3.8) is 0 Å². The lowest BCUT2D eigenvalue weighted by Gasteiger charge is -2.20. The van der Waals surface area contributed by atoms with Crippen LogP contribution in [-0.4, -0.2) is 36.2 Å². The van der Waals surface area contributed by atoms with Gasteiger partial charge in [-0.1, -0.05) is 19.8 Å². The Kier molecular flexibility index (Phi) is 7.54. The molecule has 0 heterocycles. The molecular formula is C11H21NO4. The van der Waals surface area contributed by atoms with Crippen LogP contribution in [0.2, 0.25) is 0 Å². The van der Waals surface area contributed by atoms with E-state index in [9.17, 15) is 9.59 Å². The van der Waals surface area contributed by atoms with E-state index >= 15 is 0 Å². The van der Waals surface area contributed by atoms with Gasteiger partial charge in [-0.15, -0.1) is 0 Å². The van der Waals surface area contributed by atoms with Gasteiger partial charge in [0.15, 0.2) is 6.04 Å². The predicted octanol–water partition coefficient (Wildman–Crippen LogP) is 1.17. The Morgan fingerprint density at radius 3 is 2.44 bits per heavy atom. The van der Waals surface area contributed by atoms with Crippen LogP contribution in [0, 0.1) is 0 Å². The van der Waals surface area contributed by atoms with Crippen molar-refractivity contribution in [1.82, 2.24) is 5.32 Å². The van der Waals surface area contributed by atoms with Crippen molar-refractivity contribution >= 4 is 11.9 Å². The summed E-state index contributed by atoms with van der Waals surface area (Å²) >= 11 is 0. The lowest BCUT2D eigenvalue weighted by Crippen LogP contribution is -2.48. The third-order valence-corrected chi connectivity index (χ3v) is 2.43. The maximum absolute atomic E-state index is 11.4. The van der Waals surface area contributed by atoms with Crippen LogP contribution in [0.15, 0.2) is 0 Å². The number of carboxylic acids is 1. The highest BCUT2D eigenvalue weighted by Gasteiger charge is 2.25. The molecule has 0 aliphatic rings. The van der Waals surface area contributed by atoms with Crippen LogP contribution in [-0.2, 0) is 14.3 Å². The van der Waals surface area contributed by atoms with E-state index in [1.165, 1.54) is 7.11 Å². The molecule has 0 saturated carbocycles. The van der Waals surface area contributed by atoms with Gasteiger partial charge in [0.05, 0.1) is 6.10 Å². The number of nitrogens with one attached hydrogen (secondary N) is 1. The average Bonchev–Trinajstić information content (AvgIpc) is 2.25. The van der Waals surface area contributed by atoms with Crippen molar-refractivity contribution < 1.29 is 19.4 Å². The fraction of sp³-hybridized carbons (Fsp3) is 0.818. The number of hydrogen-bond acceptors (Lipinski definition) is 3. The first kappa shape index (κ1) is 14.9. The van der Waals surface area contributed by atoms with E-state index in [0.717, 1.165) is 19.3 Å². The van der Waals surface area contributed by atoms with Crippen LogP contribution >= 0.6 is 0 Å². The molecule has 0 rings (SSSR count). The lowest BCUT2D eigenvalue weighted by molar-refractivity contribution is -0.145. The summed E-state index contributed by atoms with van der Waals surface area (Å²) in [5.74, 6) is -1.30. The van der Waals surface area contributed by atoms with Crippen LogP contribution in [0.25, 0.3) is 0 Å². The molecule has 2 N–H and O–H groups in total. The second-order valence-electron chi connectivity index (χ2n) is 3.78. The molecule has 5 heteroatoms. The van der Waals surface area contributed by atoms with E-state index < -0.39 is 18.1 Å². The Bertz CT molecular complexity index is 230. The molecule has 5 nitrogen and oxygen atoms in total. The molecule has 0 aliphatic carbocycles. The number of aliphatic carboxylic acids is 1. The van der Waals surface area contributed by atoms with Gasteiger partial charge in [0, 0.05) is 13.5 Å². The second kappa shape index (κ2) is 8.10. The first-order valence-corrected chi connectivity index (χ1v) is 5.57. The van der Waals surface area contributed by atoms with Crippen molar-refractivity contribution in [2.45, 2.75) is 51.7 Å². The molecule has 0 aliphatic heterocycles. The monoisotopic (exact) mass is 231 g/mol. The second-order valence-corrected chi connectivity index (χ2v) is 3.78. The van der Waals surface area contributed by atoms with Crippen molar-refractivity contribution in [2.75, 3.05) is 7.11 Å². The molecule has 94 valence electrons. The normalized spacial score (nSPS) is 14.2. The van der Waals surface area contributed by atoms with Gasteiger partial charge in [-0.05, 0) is 13.3 Å². The molecule has 0 aromatic heterocycles. The van der Waals surface area contributed by atoms with E-state index in [0.29, 0.717) is 6.42 Å². The van der Waals surface area contributed by atoms with E-state index in [1.54, 1.807) is 6.92 Å². The minimum atomic E-state index is -1.07. The summed E-state index contributed by atoms with van der Waals surface area (Å²) in [6.07, 6.45) is 2.63. The number of rotatable bonds is 8. The molecule has 0 saturated heterocycles. The zero-order chi connectivity index (χ0) is 12.6. The van der Waals surface area contributed by atoms with Crippen LogP contribution < -0.4 is 5.32 Å². The quantitative estimate of drug-likeness (QED) is 0.615. The topological polar surface area (TPSA) is 75.6 Å². The number of carbonyl (C=O) groups excluding carboxylic acids is 1. The number of hydrogen-bond donors (Lipinski definition) is 2. The fourth-order valence-corrected chi connectivity index (χ4v) is 1.30. The standard InChI is InChI=1S/C11H21NO4/c1-4-5-6-7-9(13)12-10(11(14)15)8(2)16-3/h8,10H,4-7H2,1-3H3,(H,12,13)(H,14,15). The fourth-order valence-electron chi connectivity index (χ4n) is 1.30. The van der Waals surface area contributed by atoms with Gasteiger partial charge in [0.25, 0.3) is 0 Å². The van der Waals surface area contributed by atoms with Crippen LogP contribution in [0.5, 0.6) is 0 Å². The van der Waals surface area contributed by atoms with Crippen molar-refractivity contribution in [2.24, 2.45) is 0 Å². The summed E-state index contributed by atoms with van der Waals surface area (Å²) in [4.78, 5) is 22.3. The summed E-state index contributed by atoms with van der Waals surface area (Å²) < 4.78 is 4.90. The number of carbonyl (C=O) groups is 2. The molecule has 0 bridgehead atoms. The Hall–Kier alpha value is -1.10. The molecule has 16 heavy (non-hydrogen) atoms. The van der Waals surface area contributed by atoms with Crippen LogP contribution in [0.3, 0.4) is 0 Å². The largest absolute Gasteiger partial charge is 0.480 e. The predicted molar refractivity (Wildman–Crippen MR) is 60.2 cm³/mol. The van der Waals surface area contributed by atoms with Gasteiger partial charge in [0.2, 0.25) is 5.91 Å². The summed E-state index contributed by atoms with van der Waals surface area (Å²) in [7, 11) is 1.42. The summed E-state index contributed by atoms with van der Waals surface area (Å²) in [6, 6.07) is -0.973. The maximum Gasteiger partial charge on any atom is 0.328 e. The van der Waals surface area contributed by atoms with Gasteiger partial charge >= 0.3 is 5.97 Å². The highest BCUT2D eigenvalue weighted by molar-refractivity contribution is 5.83. The summed E-state index contributed by atoms with van der Waals surface area (Å²) in [6.45, 7) is 3.66. The number of amides is 1. The Balaban J connectivity index is 4.09. The molecule has 0 aromatic carbocycles. The Morgan fingerprint density at radius 2 is 2.00 bits per heavy atom. The first-order valence-electron chi connectivity index (χ1n) is 5.57. The molecule has 2 unspecified atom stereocenters. The summed E-state index contributed by atoms with van der Waals surface area (Å²) in [5, 5.41) is 11.4. The van der Waals surface area contributed by atoms with Crippen LogP contribution in [0.4, 0.5) is 0 Å². The molecule has 1 amide bonds. The van der Waals surface area contributed by atoms with E-state index in [-0.39, 0.29) is 5.91 Å². The molecule has 0 aromatic rings. The van der Waals surface area contributed by atoms with Crippen molar-refractivity contribution in [3.05, 3.63) is 0 Å². The zero-order valence-corrected chi connectivity index (χ0v) is 10.2. The Morgan fingerprint density at radius 1 is 1.38 bits per heavy atom. The van der Waals surface area contributed by atoms with E-state index in [2.05, 4.69) is 5.32 Å². The molecular weight excluding hydrogens is 210 g/mol. The molecule has 0 fully saturated rings. The van der Waals surface area contributed by atoms with Gasteiger partial charge in [0.1, 0.15) is 0 Å². The maximum atomic E-state index is 11.4. The van der Waals surface area contributed by atoms with Gasteiger partial charge in [-0.25, -0.2) is 4.79 Å². The van der Waals surface area contributed by atoms with Crippen LogP contribution in [0.1, 0.15) is 39.5 Å². The number of methoxy groups -OCH3 is 1. The number of ether oxygens (including phenoxy) is 1. The third-order valence-electron chi connectivity index (χ3n) is 2.43. The SMILES string of the molecule is CCCCCC(=O)NC(C(=O)O)C(C)OC. The highest BCUT2D eigenvalue weighted by atomic mass is 16.5. The van der Waals surface area contributed by atoms with Crippen molar-refractivity contribution in [3.8, 4) is 0 Å². The van der Waals surface area contributed by atoms with Crippen molar-refractivity contribution in [1.29, 1.82) is 0 Å². The van der Waals surface area contributed by atoms with Gasteiger partial charge < -0.3 is 15.2 Å². The third kappa shape index (κ3) is 5.70. The van der Waals surface area contributed by atoms with Gasteiger partial charge in [-0.3, -0.25) is 4.79 Å². The average molecular weight is 231 g/mol. The number of unbranched alkanes of at least 4 members (excludes halogenated alkanes) is 2. The Labute approximate surface area is 96.2 Å². The van der Waals surface area contributed by atoms with E-state index in [4.69, 9.17) is 9.84 Å². The van der Waals surface area contributed by atoms with E-state index in [1.807, 2.05) is 6.92 Å². The minimum Gasteiger partial charge on any atom is -0.480 e. The molecule has 2 atom stereocenters. The first-order chi connectivity index (χ1) is 7.52. The lowest BCUT2D eigenvalue weighted by atomic mass is 10.1. The minimum absolute atomic E-state index is 0.232.